The van der Waals surface area contributed by atoms with Crippen LogP contribution in [0.4, 0.5) is 0 Å². The molecule has 0 aliphatic rings. The molecule has 0 spiro atoms. The molecular formula is C19H34IN3O2. The molecule has 0 aliphatic carbocycles. The average Bonchev–Trinajstić information content (AvgIpc) is 2.59. The lowest BCUT2D eigenvalue weighted by Crippen LogP contribution is -2.40. The minimum atomic E-state index is 0. The number of para-hydroxylation sites is 1. The van der Waals surface area contributed by atoms with Crippen LogP contribution in [0.2, 0.25) is 0 Å². The molecule has 2 N–H and O–H groups in total. The van der Waals surface area contributed by atoms with Crippen molar-refractivity contribution in [3.63, 3.8) is 0 Å². The highest BCUT2D eigenvalue weighted by molar-refractivity contribution is 14.0. The number of halogens is 1. The van der Waals surface area contributed by atoms with Gasteiger partial charge in [0.25, 0.3) is 0 Å². The Morgan fingerprint density at radius 1 is 1.16 bits per heavy atom. The van der Waals surface area contributed by atoms with Crippen molar-refractivity contribution in [2.24, 2.45) is 10.9 Å². The van der Waals surface area contributed by atoms with Crippen LogP contribution in [0.25, 0.3) is 0 Å². The summed E-state index contributed by atoms with van der Waals surface area (Å²) in [6.45, 7) is 8.84. The van der Waals surface area contributed by atoms with Crippen LogP contribution in [-0.2, 0) is 11.2 Å². The number of guanidine groups is 1. The van der Waals surface area contributed by atoms with Crippen molar-refractivity contribution < 1.29 is 9.47 Å². The highest BCUT2D eigenvalue weighted by Gasteiger charge is 2.12. The van der Waals surface area contributed by atoms with Crippen molar-refractivity contribution in [2.45, 2.75) is 39.7 Å². The fourth-order valence-corrected chi connectivity index (χ4v) is 2.60. The molecule has 25 heavy (non-hydrogen) atoms. The van der Waals surface area contributed by atoms with E-state index in [4.69, 9.17) is 9.47 Å². The van der Waals surface area contributed by atoms with Crippen LogP contribution < -0.4 is 15.4 Å². The van der Waals surface area contributed by atoms with Crippen molar-refractivity contribution in [3.8, 4) is 5.75 Å². The van der Waals surface area contributed by atoms with E-state index in [1.165, 1.54) is 5.56 Å². The zero-order chi connectivity index (χ0) is 17.8. The van der Waals surface area contributed by atoms with Crippen LogP contribution in [0.3, 0.4) is 0 Å². The van der Waals surface area contributed by atoms with Crippen molar-refractivity contribution in [2.75, 3.05) is 33.9 Å². The standard InChI is InChI=1S/C19H33N3O2.HI/c1-6-24-17(15(2)3)12-14-22-19(20-4)21-13-11-16-9-7-8-10-18(16)23-5;/h7-10,15,17H,6,11-14H2,1-5H3,(H2,20,21,22);1H. The molecule has 1 aromatic rings. The summed E-state index contributed by atoms with van der Waals surface area (Å²) in [7, 11) is 3.50. The van der Waals surface area contributed by atoms with Crippen molar-refractivity contribution in [1.29, 1.82) is 0 Å². The minimum Gasteiger partial charge on any atom is -0.496 e. The Bertz CT molecular complexity index is 495. The van der Waals surface area contributed by atoms with Gasteiger partial charge >= 0.3 is 0 Å². The molecule has 0 saturated heterocycles. The summed E-state index contributed by atoms with van der Waals surface area (Å²) in [6.07, 6.45) is 2.14. The first-order chi connectivity index (χ1) is 11.6. The first kappa shape index (κ1) is 24.0. The molecule has 1 unspecified atom stereocenters. The molecule has 0 bridgehead atoms. The second-order valence-corrected chi connectivity index (χ2v) is 6.01. The van der Waals surface area contributed by atoms with E-state index in [2.05, 4.69) is 35.5 Å². The normalized spacial score (nSPS) is 12.5. The molecule has 6 heteroatoms. The van der Waals surface area contributed by atoms with Gasteiger partial charge < -0.3 is 20.1 Å². The van der Waals surface area contributed by atoms with E-state index in [9.17, 15) is 0 Å². The third kappa shape index (κ3) is 9.30. The zero-order valence-corrected chi connectivity index (χ0v) is 18.5. The van der Waals surface area contributed by atoms with Crippen LogP contribution >= 0.6 is 24.0 Å². The molecule has 1 rings (SSSR count). The molecule has 0 radical (unpaired) electrons. The Labute approximate surface area is 170 Å². The number of rotatable bonds is 10. The lowest BCUT2D eigenvalue weighted by atomic mass is 10.0. The highest BCUT2D eigenvalue weighted by atomic mass is 127. The summed E-state index contributed by atoms with van der Waals surface area (Å²) in [4.78, 5) is 4.27. The van der Waals surface area contributed by atoms with E-state index >= 15 is 0 Å². The van der Waals surface area contributed by atoms with Crippen LogP contribution in [0, 0.1) is 5.92 Å². The molecule has 0 aromatic heterocycles. The Balaban J connectivity index is 0.00000576. The lowest BCUT2D eigenvalue weighted by molar-refractivity contribution is 0.0258. The maximum absolute atomic E-state index is 5.77. The summed E-state index contributed by atoms with van der Waals surface area (Å²) >= 11 is 0. The molecule has 0 amide bonds. The monoisotopic (exact) mass is 463 g/mol. The molecule has 0 saturated carbocycles. The predicted octanol–water partition coefficient (Wildman–Crippen LogP) is 3.47. The Kier molecular flexibility index (Phi) is 13.6. The number of methoxy groups -OCH3 is 1. The molecule has 1 atom stereocenters. The summed E-state index contributed by atoms with van der Waals surface area (Å²) < 4.78 is 11.1. The number of ether oxygens (including phenoxy) is 2. The smallest absolute Gasteiger partial charge is 0.190 e. The number of nitrogens with zero attached hydrogens (tertiary/aromatic N) is 1. The van der Waals surface area contributed by atoms with Crippen molar-refractivity contribution in [1.82, 2.24) is 10.6 Å². The van der Waals surface area contributed by atoms with Gasteiger partial charge in [0.05, 0.1) is 13.2 Å². The van der Waals surface area contributed by atoms with Gasteiger partial charge in [-0.1, -0.05) is 32.0 Å². The van der Waals surface area contributed by atoms with Crippen LogP contribution in [0.15, 0.2) is 29.3 Å². The van der Waals surface area contributed by atoms with E-state index in [-0.39, 0.29) is 30.1 Å². The van der Waals surface area contributed by atoms with E-state index in [0.717, 1.165) is 44.2 Å². The lowest BCUT2D eigenvalue weighted by Gasteiger charge is -2.21. The third-order valence-corrected chi connectivity index (χ3v) is 3.95. The number of hydrogen-bond donors (Lipinski definition) is 2. The third-order valence-electron chi connectivity index (χ3n) is 3.95. The summed E-state index contributed by atoms with van der Waals surface area (Å²) in [5, 5.41) is 6.70. The first-order valence-corrected chi connectivity index (χ1v) is 8.80. The topological polar surface area (TPSA) is 54.9 Å². The van der Waals surface area contributed by atoms with Crippen molar-refractivity contribution >= 4 is 29.9 Å². The van der Waals surface area contributed by atoms with Crippen LogP contribution in [0.1, 0.15) is 32.8 Å². The molecule has 0 fully saturated rings. The zero-order valence-electron chi connectivity index (χ0n) is 16.2. The average molecular weight is 463 g/mol. The fourth-order valence-electron chi connectivity index (χ4n) is 2.60. The second kappa shape index (κ2) is 14.2. The summed E-state index contributed by atoms with van der Waals surface area (Å²) in [5.74, 6) is 2.27. The van der Waals surface area contributed by atoms with Crippen LogP contribution in [0.5, 0.6) is 5.75 Å². The number of aliphatic imine (C=N–C) groups is 1. The van der Waals surface area contributed by atoms with Gasteiger partial charge in [-0.25, -0.2) is 0 Å². The molecule has 0 aliphatic heterocycles. The van der Waals surface area contributed by atoms with Gasteiger partial charge in [-0.15, -0.1) is 24.0 Å². The molecule has 5 nitrogen and oxygen atoms in total. The van der Waals surface area contributed by atoms with Crippen LogP contribution in [-0.4, -0.2) is 45.9 Å². The van der Waals surface area contributed by atoms with E-state index in [1.54, 1.807) is 14.2 Å². The summed E-state index contributed by atoms with van der Waals surface area (Å²) in [6, 6.07) is 8.10. The predicted molar refractivity (Wildman–Crippen MR) is 116 cm³/mol. The Hall–Kier alpha value is -1.02. The maximum Gasteiger partial charge on any atom is 0.190 e. The number of nitrogens with one attached hydrogen (secondary N) is 2. The summed E-state index contributed by atoms with van der Waals surface area (Å²) in [5.41, 5.74) is 1.19. The number of hydrogen-bond acceptors (Lipinski definition) is 3. The Morgan fingerprint density at radius 2 is 1.84 bits per heavy atom. The van der Waals surface area contributed by atoms with E-state index in [1.807, 2.05) is 25.1 Å². The number of benzene rings is 1. The molecule has 0 heterocycles. The van der Waals surface area contributed by atoms with E-state index in [0.29, 0.717) is 5.92 Å². The van der Waals surface area contributed by atoms with Gasteiger partial charge in [0.15, 0.2) is 5.96 Å². The molecule has 144 valence electrons. The highest BCUT2D eigenvalue weighted by Crippen LogP contribution is 2.17. The largest absolute Gasteiger partial charge is 0.496 e. The minimum absolute atomic E-state index is 0. The molecular weight excluding hydrogens is 429 g/mol. The van der Waals surface area contributed by atoms with E-state index < -0.39 is 0 Å². The van der Waals surface area contributed by atoms with Gasteiger partial charge in [-0.05, 0) is 37.3 Å². The second-order valence-electron chi connectivity index (χ2n) is 6.01. The van der Waals surface area contributed by atoms with Gasteiger partial charge in [0.2, 0.25) is 0 Å². The Morgan fingerprint density at radius 3 is 2.44 bits per heavy atom. The molecule has 1 aromatic carbocycles. The van der Waals surface area contributed by atoms with Gasteiger partial charge in [-0.3, -0.25) is 4.99 Å². The fraction of sp³-hybridized carbons (Fsp3) is 0.632. The quantitative estimate of drug-likeness (QED) is 0.317. The van der Waals surface area contributed by atoms with Gasteiger partial charge in [-0.2, -0.15) is 0 Å². The van der Waals surface area contributed by atoms with Crippen molar-refractivity contribution in [3.05, 3.63) is 29.8 Å². The van der Waals surface area contributed by atoms with Gasteiger partial charge in [0.1, 0.15) is 5.75 Å². The van der Waals surface area contributed by atoms with Gasteiger partial charge in [0, 0.05) is 26.7 Å². The SMILES string of the molecule is CCOC(CCNC(=NC)NCCc1ccccc1OC)C(C)C.I. The first-order valence-electron chi connectivity index (χ1n) is 8.80. The maximum atomic E-state index is 5.77.